The Morgan fingerprint density at radius 3 is 2.04 bits per heavy atom. The Hall–Kier alpha value is -1.85. The molecule has 0 N–H and O–H groups in total. The van der Waals surface area contributed by atoms with Gasteiger partial charge in [0.05, 0.1) is 11.2 Å². The van der Waals surface area contributed by atoms with Gasteiger partial charge in [0.1, 0.15) is 17.3 Å². The SMILES string of the molecule is CC1(C)OB(c2ccc(Oc3cccc(F)c3)cc2)OC1(C)C. The lowest BCUT2D eigenvalue weighted by molar-refractivity contribution is 0.00578. The quantitative estimate of drug-likeness (QED) is 0.804. The fourth-order valence-electron chi connectivity index (χ4n) is 2.34. The number of rotatable bonds is 3. The van der Waals surface area contributed by atoms with E-state index in [9.17, 15) is 4.39 Å². The van der Waals surface area contributed by atoms with Crippen LogP contribution in [0.3, 0.4) is 0 Å². The molecule has 5 heteroatoms. The molecule has 23 heavy (non-hydrogen) atoms. The fraction of sp³-hybridized carbons (Fsp3) is 0.333. The molecule has 0 bridgehead atoms. The zero-order valence-corrected chi connectivity index (χ0v) is 13.8. The third-order valence-corrected chi connectivity index (χ3v) is 4.44. The Bertz CT molecular complexity index is 682. The van der Waals surface area contributed by atoms with Crippen molar-refractivity contribution >= 4 is 12.6 Å². The number of hydrogen-bond acceptors (Lipinski definition) is 3. The second-order valence-electron chi connectivity index (χ2n) is 6.72. The van der Waals surface area contributed by atoms with E-state index in [1.807, 2.05) is 52.0 Å². The molecule has 0 saturated carbocycles. The van der Waals surface area contributed by atoms with Crippen LogP contribution in [0.15, 0.2) is 48.5 Å². The average molecular weight is 314 g/mol. The van der Waals surface area contributed by atoms with Crippen molar-refractivity contribution in [3.8, 4) is 11.5 Å². The van der Waals surface area contributed by atoms with E-state index in [0.717, 1.165) is 5.46 Å². The van der Waals surface area contributed by atoms with Crippen LogP contribution in [0.25, 0.3) is 0 Å². The smallest absolute Gasteiger partial charge is 0.457 e. The van der Waals surface area contributed by atoms with Crippen molar-refractivity contribution < 1.29 is 18.4 Å². The molecule has 0 spiro atoms. The van der Waals surface area contributed by atoms with E-state index in [4.69, 9.17) is 14.0 Å². The van der Waals surface area contributed by atoms with Crippen LogP contribution in [0.2, 0.25) is 0 Å². The first-order valence-electron chi connectivity index (χ1n) is 7.66. The van der Waals surface area contributed by atoms with Crippen LogP contribution in [-0.4, -0.2) is 18.3 Å². The molecule has 0 amide bonds. The molecule has 2 aromatic rings. The van der Waals surface area contributed by atoms with Gasteiger partial charge in [-0.2, -0.15) is 0 Å². The zero-order valence-electron chi connectivity index (χ0n) is 13.8. The molecule has 3 nitrogen and oxygen atoms in total. The van der Waals surface area contributed by atoms with Gasteiger partial charge in [0.15, 0.2) is 0 Å². The standard InChI is InChI=1S/C18H20BFO3/c1-17(2)18(3,4)23-19(22-17)13-8-10-15(11-9-13)21-16-7-5-6-14(20)12-16/h5-12H,1-4H3. The lowest BCUT2D eigenvalue weighted by Crippen LogP contribution is -2.41. The van der Waals surface area contributed by atoms with Gasteiger partial charge in [0, 0.05) is 6.07 Å². The minimum atomic E-state index is -0.400. The predicted molar refractivity (Wildman–Crippen MR) is 88.6 cm³/mol. The van der Waals surface area contributed by atoms with Crippen LogP contribution in [0.4, 0.5) is 4.39 Å². The molecule has 0 atom stereocenters. The van der Waals surface area contributed by atoms with Gasteiger partial charge in [-0.25, -0.2) is 4.39 Å². The number of halogens is 1. The fourth-order valence-corrected chi connectivity index (χ4v) is 2.34. The Morgan fingerprint density at radius 2 is 1.48 bits per heavy atom. The van der Waals surface area contributed by atoms with Crippen LogP contribution in [0.5, 0.6) is 11.5 Å². The topological polar surface area (TPSA) is 27.7 Å². The monoisotopic (exact) mass is 314 g/mol. The van der Waals surface area contributed by atoms with E-state index in [1.165, 1.54) is 12.1 Å². The van der Waals surface area contributed by atoms with Gasteiger partial charge >= 0.3 is 7.12 Å². The van der Waals surface area contributed by atoms with E-state index in [2.05, 4.69) is 0 Å². The van der Waals surface area contributed by atoms with Gasteiger partial charge in [0.25, 0.3) is 0 Å². The lowest BCUT2D eigenvalue weighted by Gasteiger charge is -2.32. The second kappa shape index (κ2) is 5.66. The van der Waals surface area contributed by atoms with Crippen LogP contribution in [0, 0.1) is 5.82 Å². The molecule has 1 heterocycles. The van der Waals surface area contributed by atoms with E-state index >= 15 is 0 Å². The minimum absolute atomic E-state index is 0.323. The van der Waals surface area contributed by atoms with Crippen molar-refractivity contribution in [2.24, 2.45) is 0 Å². The van der Waals surface area contributed by atoms with Gasteiger partial charge < -0.3 is 14.0 Å². The summed E-state index contributed by atoms with van der Waals surface area (Å²) in [5.74, 6) is 0.778. The summed E-state index contributed by atoms with van der Waals surface area (Å²) in [5, 5.41) is 0. The van der Waals surface area contributed by atoms with Crippen LogP contribution < -0.4 is 10.2 Å². The highest BCUT2D eigenvalue weighted by Crippen LogP contribution is 2.36. The molecule has 1 aliphatic rings. The van der Waals surface area contributed by atoms with E-state index < -0.39 is 7.12 Å². The van der Waals surface area contributed by atoms with Gasteiger partial charge in [0.2, 0.25) is 0 Å². The van der Waals surface area contributed by atoms with Crippen molar-refractivity contribution in [3.63, 3.8) is 0 Å². The summed E-state index contributed by atoms with van der Waals surface area (Å²) >= 11 is 0. The molecule has 1 saturated heterocycles. The van der Waals surface area contributed by atoms with Gasteiger partial charge in [-0.15, -0.1) is 0 Å². The largest absolute Gasteiger partial charge is 0.494 e. The van der Waals surface area contributed by atoms with Gasteiger partial charge in [-0.3, -0.25) is 0 Å². The Kier molecular flexibility index (Phi) is 3.94. The highest BCUT2D eigenvalue weighted by Gasteiger charge is 2.51. The van der Waals surface area contributed by atoms with Crippen LogP contribution in [-0.2, 0) is 9.31 Å². The average Bonchev–Trinajstić information content (AvgIpc) is 2.68. The zero-order chi connectivity index (χ0) is 16.7. The third kappa shape index (κ3) is 3.26. The van der Waals surface area contributed by atoms with Crippen molar-refractivity contribution in [2.75, 3.05) is 0 Å². The van der Waals surface area contributed by atoms with Crippen LogP contribution >= 0.6 is 0 Å². The van der Waals surface area contributed by atoms with E-state index in [1.54, 1.807) is 12.1 Å². The van der Waals surface area contributed by atoms with Crippen molar-refractivity contribution in [3.05, 3.63) is 54.3 Å². The number of ether oxygens (including phenoxy) is 1. The molecular formula is C18H20BFO3. The maximum absolute atomic E-state index is 13.2. The maximum Gasteiger partial charge on any atom is 0.494 e. The lowest BCUT2D eigenvalue weighted by atomic mass is 9.79. The summed E-state index contributed by atoms with van der Waals surface area (Å²) in [7, 11) is -0.400. The molecule has 0 radical (unpaired) electrons. The van der Waals surface area contributed by atoms with Crippen LogP contribution in [0.1, 0.15) is 27.7 Å². The van der Waals surface area contributed by atoms with E-state index in [-0.39, 0.29) is 17.0 Å². The van der Waals surface area contributed by atoms with Crippen molar-refractivity contribution in [1.29, 1.82) is 0 Å². The third-order valence-electron chi connectivity index (χ3n) is 4.44. The Balaban J connectivity index is 1.73. The Labute approximate surface area is 136 Å². The summed E-state index contributed by atoms with van der Waals surface area (Å²) in [6.45, 7) is 8.09. The molecule has 1 aliphatic heterocycles. The van der Waals surface area contributed by atoms with Crippen molar-refractivity contribution in [2.45, 2.75) is 38.9 Å². The normalized spacial score (nSPS) is 18.9. The maximum atomic E-state index is 13.2. The summed E-state index contributed by atoms with van der Waals surface area (Å²) in [6, 6.07) is 13.5. The number of hydrogen-bond donors (Lipinski definition) is 0. The van der Waals surface area contributed by atoms with Gasteiger partial charge in [-0.05, 0) is 57.4 Å². The minimum Gasteiger partial charge on any atom is -0.457 e. The highest BCUT2D eigenvalue weighted by atomic mass is 19.1. The Morgan fingerprint density at radius 1 is 0.870 bits per heavy atom. The predicted octanol–water partition coefficient (Wildman–Crippen LogP) is 3.92. The molecule has 0 unspecified atom stereocenters. The molecular weight excluding hydrogens is 294 g/mol. The summed E-state index contributed by atoms with van der Waals surface area (Å²) in [4.78, 5) is 0. The second-order valence-corrected chi connectivity index (χ2v) is 6.72. The molecule has 0 aliphatic carbocycles. The molecule has 0 aromatic heterocycles. The summed E-state index contributed by atoms with van der Waals surface area (Å²) in [5.41, 5.74) is 0.193. The van der Waals surface area contributed by atoms with Crippen molar-refractivity contribution in [1.82, 2.24) is 0 Å². The summed E-state index contributed by atoms with van der Waals surface area (Å²) in [6.07, 6.45) is 0. The first-order valence-corrected chi connectivity index (χ1v) is 7.66. The molecule has 2 aromatic carbocycles. The highest BCUT2D eigenvalue weighted by molar-refractivity contribution is 6.62. The first-order chi connectivity index (χ1) is 10.8. The van der Waals surface area contributed by atoms with Gasteiger partial charge in [-0.1, -0.05) is 18.2 Å². The first kappa shape index (κ1) is 16.0. The molecule has 3 rings (SSSR count). The number of benzene rings is 2. The summed E-state index contributed by atoms with van der Waals surface area (Å²) < 4.78 is 30.8. The molecule has 1 fully saturated rings. The molecule has 120 valence electrons. The van der Waals surface area contributed by atoms with E-state index in [0.29, 0.717) is 11.5 Å².